The van der Waals surface area contributed by atoms with Gasteiger partial charge in [-0.2, -0.15) is 11.8 Å². The smallest absolute Gasteiger partial charge is 0.255 e. The third-order valence-corrected chi connectivity index (χ3v) is 4.55. The Bertz CT molecular complexity index is 411. The molecule has 0 heterocycles. The van der Waals surface area contributed by atoms with Gasteiger partial charge in [0.2, 0.25) is 0 Å². The van der Waals surface area contributed by atoms with E-state index in [0.717, 1.165) is 14.7 Å². The topological polar surface area (TPSA) is 20.3 Å². The average molecular weight is 381 g/mol. The van der Waals surface area contributed by atoms with E-state index in [1.165, 1.54) is 0 Å². The molecule has 0 aliphatic heterocycles. The van der Waals surface area contributed by atoms with Crippen molar-refractivity contribution in [2.45, 2.75) is 13.0 Å². The van der Waals surface area contributed by atoms with Crippen LogP contribution in [0.3, 0.4) is 0 Å². The highest BCUT2D eigenvalue weighted by Gasteiger charge is 2.19. The lowest BCUT2D eigenvalue weighted by Crippen LogP contribution is -2.36. The molecule has 2 nitrogen and oxygen atoms in total. The molecule has 0 aliphatic rings. The van der Waals surface area contributed by atoms with Crippen LogP contribution in [0.15, 0.2) is 27.1 Å². The van der Waals surface area contributed by atoms with Gasteiger partial charge in [-0.1, -0.05) is 15.9 Å². The van der Waals surface area contributed by atoms with E-state index < -0.39 is 0 Å². The van der Waals surface area contributed by atoms with Crippen molar-refractivity contribution in [3.8, 4) is 0 Å². The largest absolute Gasteiger partial charge is 0.338 e. The van der Waals surface area contributed by atoms with Gasteiger partial charge in [-0.3, -0.25) is 4.79 Å². The SMILES string of the molecule is CSCC(C)N(C)C(=O)c1cc(Br)ccc1Br. The van der Waals surface area contributed by atoms with Crippen LogP contribution in [0, 0.1) is 0 Å². The number of amides is 1. The fraction of sp³-hybridized carbons (Fsp3) is 0.417. The van der Waals surface area contributed by atoms with Crippen molar-refractivity contribution < 1.29 is 4.79 Å². The highest BCUT2D eigenvalue weighted by molar-refractivity contribution is 9.11. The molecule has 0 radical (unpaired) electrons. The molecule has 0 saturated carbocycles. The molecule has 1 unspecified atom stereocenters. The normalized spacial score (nSPS) is 12.3. The lowest BCUT2D eigenvalue weighted by Gasteiger charge is -2.24. The summed E-state index contributed by atoms with van der Waals surface area (Å²) >= 11 is 8.54. The third kappa shape index (κ3) is 4.00. The molecule has 0 fully saturated rings. The third-order valence-electron chi connectivity index (χ3n) is 2.55. The minimum absolute atomic E-state index is 0.0414. The maximum Gasteiger partial charge on any atom is 0.255 e. The van der Waals surface area contributed by atoms with Crippen molar-refractivity contribution in [2.75, 3.05) is 19.1 Å². The lowest BCUT2D eigenvalue weighted by molar-refractivity contribution is 0.0756. The van der Waals surface area contributed by atoms with Crippen LogP contribution >= 0.6 is 43.6 Å². The first-order chi connectivity index (χ1) is 7.97. The van der Waals surface area contributed by atoms with Crippen LogP contribution in [0.2, 0.25) is 0 Å². The Morgan fingerprint density at radius 3 is 2.71 bits per heavy atom. The van der Waals surface area contributed by atoms with E-state index in [0.29, 0.717) is 5.56 Å². The van der Waals surface area contributed by atoms with Gasteiger partial charge in [-0.05, 0) is 47.3 Å². The Kier molecular flexibility index (Phi) is 6.03. The van der Waals surface area contributed by atoms with Gasteiger partial charge in [-0.25, -0.2) is 0 Å². The number of rotatable bonds is 4. The summed E-state index contributed by atoms with van der Waals surface area (Å²) in [4.78, 5) is 14.1. The molecule has 5 heteroatoms. The molecule has 1 rings (SSSR count). The number of nitrogens with zero attached hydrogens (tertiary/aromatic N) is 1. The molecule has 17 heavy (non-hydrogen) atoms. The zero-order valence-electron chi connectivity index (χ0n) is 10.0. The van der Waals surface area contributed by atoms with Crippen molar-refractivity contribution in [1.29, 1.82) is 0 Å². The molecule has 0 saturated heterocycles. The number of carbonyl (C=O) groups excluding carboxylic acids is 1. The number of hydrogen-bond donors (Lipinski definition) is 0. The number of carbonyl (C=O) groups is 1. The second-order valence-corrected chi connectivity index (χ2v) is 6.53. The van der Waals surface area contributed by atoms with Crippen molar-refractivity contribution in [2.24, 2.45) is 0 Å². The lowest BCUT2D eigenvalue weighted by atomic mass is 10.2. The Morgan fingerprint density at radius 2 is 2.12 bits per heavy atom. The van der Waals surface area contributed by atoms with E-state index in [9.17, 15) is 4.79 Å². The molecule has 1 amide bonds. The van der Waals surface area contributed by atoms with Crippen LogP contribution in [0.1, 0.15) is 17.3 Å². The van der Waals surface area contributed by atoms with Crippen molar-refractivity contribution in [1.82, 2.24) is 4.90 Å². The molecule has 0 bridgehead atoms. The second kappa shape index (κ2) is 6.81. The van der Waals surface area contributed by atoms with Crippen molar-refractivity contribution >= 4 is 49.5 Å². The van der Waals surface area contributed by atoms with Gasteiger partial charge in [0.05, 0.1) is 5.56 Å². The fourth-order valence-corrected chi connectivity index (χ4v) is 2.89. The zero-order valence-corrected chi connectivity index (χ0v) is 14.0. The molecular formula is C12H15Br2NOS. The predicted molar refractivity (Wildman–Crippen MR) is 81.8 cm³/mol. The molecule has 1 aromatic carbocycles. The van der Waals surface area contributed by atoms with Gasteiger partial charge in [0, 0.05) is 27.8 Å². The summed E-state index contributed by atoms with van der Waals surface area (Å²) in [6.07, 6.45) is 2.05. The fourth-order valence-electron chi connectivity index (χ4n) is 1.40. The van der Waals surface area contributed by atoms with Gasteiger partial charge in [0.15, 0.2) is 0 Å². The van der Waals surface area contributed by atoms with E-state index in [1.807, 2.05) is 31.5 Å². The first kappa shape index (κ1) is 15.1. The Balaban J connectivity index is 2.92. The quantitative estimate of drug-likeness (QED) is 0.785. The number of halogens is 2. The molecule has 94 valence electrons. The monoisotopic (exact) mass is 379 g/mol. The molecule has 0 N–H and O–H groups in total. The van der Waals surface area contributed by atoms with E-state index in [1.54, 1.807) is 16.7 Å². The molecule has 1 aromatic rings. The Labute approximate surface area is 123 Å². The standard InChI is InChI=1S/C12H15Br2NOS/c1-8(7-17-3)15(2)12(16)10-6-9(13)4-5-11(10)14/h4-6,8H,7H2,1-3H3. The highest BCUT2D eigenvalue weighted by atomic mass is 79.9. The first-order valence-corrected chi connectivity index (χ1v) is 8.16. The molecular weight excluding hydrogens is 366 g/mol. The summed E-state index contributed by atoms with van der Waals surface area (Å²) in [7, 11) is 1.84. The van der Waals surface area contributed by atoms with E-state index in [-0.39, 0.29) is 11.9 Å². The van der Waals surface area contributed by atoms with Crippen molar-refractivity contribution in [3.05, 3.63) is 32.7 Å². The summed E-state index contributed by atoms with van der Waals surface area (Å²) in [6.45, 7) is 2.06. The minimum atomic E-state index is 0.0414. The van der Waals surface area contributed by atoms with Gasteiger partial charge >= 0.3 is 0 Å². The first-order valence-electron chi connectivity index (χ1n) is 5.18. The number of benzene rings is 1. The zero-order chi connectivity index (χ0) is 13.0. The Morgan fingerprint density at radius 1 is 1.47 bits per heavy atom. The summed E-state index contributed by atoms with van der Waals surface area (Å²) < 4.78 is 1.74. The molecule has 0 spiro atoms. The van der Waals surface area contributed by atoms with Crippen LogP contribution < -0.4 is 0 Å². The van der Waals surface area contributed by atoms with Crippen LogP contribution in [-0.4, -0.2) is 35.9 Å². The van der Waals surface area contributed by atoms with Gasteiger partial charge in [0.25, 0.3) is 5.91 Å². The Hall–Kier alpha value is -0.000000000000000111. The summed E-state index contributed by atoms with van der Waals surface area (Å²) in [5, 5.41) is 0. The van der Waals surface area contributed by atoms with E-state index in [2.05, 4.69) is 38.8 Å². The van der Waals surface area contributed by atoms with Crippen LogP contribution in [0.5, 0.6) is 0 Å². The van der Waals surface area contributed by atoms with Crippen LogP contribution in [0.4, 0.5) is 0 Å². The van der Waals surface area contributed by atoms with Crippen LogP contribution in [0.25, 0.3) is 0 Å². The van der Waals surface area contributed by atoms with Crippen LogP contribution in [-0.2, 0) is 0 Å². The summed E-state index contributed by atoms with van der Waals surface area (Å²) in [6, 6.07) is 5.86. The van der Waals surface area contributed by atoms with Gasteiger partial charge < -0.3 is 4.90 Å². The summed E-state index contributed by atoms with van der Waals surface area (Å²) in [5.41, 5.74) is 0.690. The number of thioether (sulfide) groups is 1. The van der Waals surface area contributed by atoms with Crippen molar-refractivity contribution in [3.63, 3.8) is 0 Å². The summed E-state index contributed by atoms with van der Waals surface area (Å²) in [5.74, 6) is 0.980. The van der Waals surface area contributed by atoms with E-state index in [4.69, 9.17) is 0 Å². The predicted octanol–water partition coefficient (Wildman–Crippen LogP) is 4.04. The van der Waals surface area contributed by atoms with Gasteiger partial charge in [-0.15, -0.1) is 0 Å². The average Bonchev–Trinajstić information content (AvgIpc) is 2.30. The molecule has 0 aliphatic carbocycles. The van der Waals surface area contributed by atoms with E-state index >= 15 is 0 Å². The second-order valence-electron chi connectivity index (χ2n) is 3.84. The highest BCUT2D eigenvalue weighted by Crippen LogP contribution is 2.23. The minimum Gasteiger partial charge on any atom is -0.338 e. The number of hydrogen-bond acceptors (Lipinski definition) is 2. The maximum atomic E-state index is 12.3. The maximum absolute atomic E-state index is 12.3. The molecule has 1 atom stereocenters. The van der Waals surface area contributed by atoms with Gasteiger partial charge in [0.1, 0.15) is 0 Å². The molecule has 0 aromatic heterocycles.